The summed E-state index contributed by atoms with van der Waals surface area (Å²) in [6.45, 7) is 16.8. The van der Waals surface area contributed by atoms with Gasteiger partial charge in [0.2, 0.25) is 0 Å². The minimum absolute atomic E-state index is 0.140. The Hall–Kier alpha value is -1.69. The van der Waals surface area contributed by atoms with Crippen molar-refractivity contribution in [2.24, 2.45) is 23.7 Å². The smallest absolute Gasteiger partial charge is 0.303 e. The largest absolute Gasteiger partial charge is 0.458 e. The first-order valence-corrected chi connectivity index (χ1v) is 13.2. The molecule has 1 saturated heterocycles. The van der Waals surface area contributed by atoms with Crippen LogP contribution >= 0.6 is 0 Å². The molecule has 1 N–H and O–H groups in total. The van der Waals surface area contributed by atoms with E-state index in [0.29, 0.717) is 18.3 Å². The van der Waals surface area contributed by atoms with Crippen LogP contribution in [0.25, 0.3) is 0 Å². The molecule has 2 fully saturated rings. The fraction of sp³-hybridized carbons (Fsp3) is 0.690. The zero-order valence-electron chi connectivity index (χ0n) is 21.8. The number of fused-ring (bicyclic) bond motifs is 1. The summed E-state index contributed by atoms with van der Waals surface area (Å²) in [7, 11) is 0. The number of aryl methyl sites for hydroxylation is 1. The Morgan fingerprint density at radius 1 is 1.12 bits per heavy atom. The molecule has 1 aromatic rings. The summed E-state index contributed by atoms with van der Waals surface area (Å²) >= 11 is 0. The third-order valence-electron chi connectivity index (χ3n) is 8.86. The molecule has 0 aromatic heterocycles. The van der Waals surface area contributed by atoms with E-state index in [1.807, 2.05) is 0 Å². The van der Waals surface area contributed by atoms with Gasteiger partial charge in [-0.3, -0.25) is 9.69 Å². The van der Waals surface area contributed by atoms with Crippen molar-refractivity contribution in [3.05, 3.63) is 47.0 Å². The summed E-state index contributed by atoms with van der Waals surface area (Å²) in [6.07, 6.45) is 4.67. The molecule has 1 heterocycles. The summed E-state index contributed by atoms with van der Waals surface area (Å²) in [6, 6.07) is 8.91. The van der Waals surface area contributed by atoms with Crippen molar-refractivity contribution < 1.29 is 14.6 Å². The highest BCUT2D eigenvalue weighted by Gasteiger charge is 2.52. The number of ether oxygens (including phenoxy) is 1. The Labute approximate surface area is 206 Å². The average molecular weight is 469 g/mol. The number of nitrogens with zero attached hydrogens (tertiary/aromatic N) is 2. The number of aliphatic hydroxyl groups is 1. The number of hydrogen-bond acceptors (Lipinski definition) is 5. The lowest BCUT2D eigenvalue weighted by molar-refractivity contribution is -0.159. The van der Waals surface area contributed by atoms with E-state index in [1.165, 1.54) is 18.1 Å². The van der Waals surface area contributed by atoms with Crippen LogP contribution in [0, 0.1) is 30.6 Å². The first-order chi connectivity index (χ1) is 16.2. The van der Waals surface area contributed by atoms with Crippen LogP contribution in [-0.4, -0.2) is 65.3 Å². The molecule has 1 saturated carbocycles. The Morgan fingerprint density at radius 3 is 2.41 bits per heavy atom. The van der Waals surface area contributed by atoms with Gasteiger partial charge in [-0.1, -0.05) is 49.8 Å². The topological polar surface area (TPSA) is 53.0 Å². The van der Waals surface area contributed by atoms with Crippen molar-refractivity contribution in [1.82, 2.24) is 9.80 Å². The minimum Gasteiger partial charge on any atom is -0.458 e. The Balaban J connectivity index is 1.35. The second-order valence-corrected chi connectivity index (χ2v) is 11.4. The van der Waals surface area contributed by atoms with Crippen molar-refractivity contribution in [1.29, 1.82) is 0 Å². The van der Waals surface area contributed by atoms with E-state index in [4.69, 9.17) is 4.74 Å². The van der Waals surface area contributed by atoms with Gasteiger partial charge < -0.3 is 14.7 Å². The van der Waals surface area contributed by atoms with Crippen LogP contribution in [0.5, 0.6) is 0 Å². The maximum atomic E-state index is 11.8. The molecular formula is C29H44N2O3. The van der Waals surface area contributed by atoms with Crippen LogP contribution in [0.15, 0.2) is 35.9 Å². The number of carbonyl (C=O) groups is 1. The number of carbonyl (C=O) groups excluding carboxylic acids is 1. The third-order valence-corrected chi connectivity index (χ3v) is 8.86. The van der Waals surface area contributed by atoms with E-state index in [9.17, 15) is 9.90 Å². The molecule has 0 radical (unpaired) electrons. The number of rotatable bonds is 6. The molecule has 0 spiro atoms. The number of benzene rings is 1. The van der Waals surface area contributed by atoms with E-state index in [-0.39, 0.29) is 23.9 Å². The lowest BCUT2D eigenvalue weighted by atomic mass is 9.57. The van der Waals surface area contributed by atoms with Gasteiger partial charge in [0, 0.05) is 58.5 Å². The molecular weight excluding hydrogens is 424 g/mol. The van der Waals surface area contributed by atoms with Gasteiger partial charge in [0.15, 0.2) is 0 Å². The fourth-order valence-corrected chi connectivity index (χ4v) is 6.62. The van der Waals surface area contributed by atoms with Crippen molar-refractivity contribution >= 4 is 5.97 Å². The van der Waals surface area contributed by atoms with Gasteiger partial charge in [-0.25, -0.2) is 0 Å². The van der Waals surface area contributed by atoms with Crippen molar-refractivity contribution in [3.63, 3.8) is 0 Å². The first kappa shape index (κ1) is 25.4. The number of esters is 1. The molecule has 34 heavy (non-hydrogen) atoms. The van der Waals surface area contributed by atoms with Crippen molar-refractivity contribution in [2.45, 2.75) is 72.1 Å². The fourth-order valence-electron chi connectivity index (χ4n) is 6.62. The van der Waals surface area contributed by atoms with Crippen molar-refractivity contribution in [2.75, 3.05) is 32.7 Å². The van der Waals surface area contributed by atoms with Gasteiger partial charge in [-0.05, 0) is 55.6 Å². The Morgan fingerprint density at radius 2 is 1.76 bits per heavy atom. The molecule has 3 aliphatic rings. The lowest BCUT2D eigenvalue weighted by Crippen LogP contribution is -2.56. The standard InChI is InChI=1S/C29H44N2O3/c1-20-6-9-25(10-7-20)19-31-14-12-30(13-15-31)18-22(3)26-11-8-23(4)29(33)17-28(34-24(5)32)21(2)16-27(26)29/h6-7,9-10,16,22-23,26-28,33H,8,11-15,17-19H2,1-5H3/t22?,23-,26+,27-,28-,29-/m1/s1. The van der Waals surface area contributed by atoms with Crippen LogP contribution in [0.3, 0.4) is 0 Å². The minimum atomic E-state index is -0.788. The highest BCUT2D eigenvalue weighted by Crippen LogP contribution is 2.51. The molecule has 1 aromatic carbocycles. The molecule has 0 bridgehead atoms. The second-order valence-electron chi connectivity index (χ2n) is 11.4. The molecule has 1 unspecified atom stereocenters. The van der Waals surface area contributed by atoms with E-state index < -0.39 is 5.60 Å². The predicted molar refractivity (Wildman–Crippen MR) is 136 cm³/mol. The second kappa shape index (κ2) is 10.5. The zero-order valence-corrected chi connectivity index (χ0v) is 21.8. The molecule has 4 rings (SSSR count). The maximum absolute atomic E-state index is 11.8. The van der Waals surface area contributed by atoms with E-state index in [1.54, 1.807) is 0 Å². The zero-order chi connectivity index (χ0) is 24.5. The number of hydrogen-bond donors (Lipinski definition) is 1. The van der Waals surface area contributed by atoms with E-state index >= 15 is 0 Å². The molecule has 6 atom stereocenters. The normalized spacial score (nSPS) is 33.6. The molecule has 1 aliphatic heterocycles. The summed E-state index contributed by atoms with van der Waals surface area (Å²) in [5.74, 6) is 1.06. The van der Waals surface area contributed by atoms with Crippen LogP contribution in [0.4, 0.5) is 0 Å². The summed E-state index contributed by atoms with van der Waals surface area (Å²) in [5, 5.41) is 11.8. The predicted octanol–water partition coefficient (Wildman–Crippen LogP) is 4.42. The third kappa shape index (κ3) is 5.58. The highest BCUT2D eigenvalue weighted by atomic mass is 16.5. The van der Waals surface area contributed by atoms with Gasteiger partial charge in [-0.2, -0.15) is 0 Å². The molecule has 5 heteroatoms. The van der Waals surface area contributed by atoms with Gasteiger partial charge in [0.1, 0.15) is 6.10 Å². The van der Waals surface area contributed by atoms with Gasteiger partial charge >= 0.3 is 5.97 Å². The monoisotopic (exact) mass is 468 g/mol. The summed E-state index contributed by atoms with van der Waals surface area (Å²) in [4.78, 5) is 16.8. The average Bonchev–Trinajstić information content (AvgIpc) is 2.78. The Bertz CT molecular complexity index is 874. The van der Waals surface area contributed by atoms with E-state index in [0.717, 1.165) is 57.7 Å². The summed E-state index contributed by atoms with van der Waals surface area (Å²) < 4.78 is 5.56. The van der Waals surface area contributed by atoms with Crippen molar-refractivity contribution in [3.8, 4) is 0 Å². The van der Waals surface area contributed by atoms with Gasteiger partial charge in [-0.15, -0.1) is 0 Å². The van der Waals surface area contributed by atoms with Crippen LogP contribution in [-0.2, 0) is 16.1 Å². The lowest BCUT2D eigenvalue weighted by Gasteiger charge is -2.53. The highest BCUT2D eigenvalue weighted by molar-refractivity contribution is 5.66. The van der Waals surface area contributed by atoms with Crippen LogP contribution < -0.4 is 0 Å². The molecule has 5 nitrogen and oxygen atoms in total. The molecule has 188 valence electrons. The summed E-state index contributed by atoms with van der Waals surface area (Å²) in [5.41, 5.74) is 3.02. The number of piperazine rings is 1. The molecule has 0 amide bonds. The quantitative estimate of drug-likeness (QED) is 0.495. The van der Waals surface area contributed by atoms with Crippen LogP contribution in [0.1, 0.15) is 58.1 Å². The van der Waals surface area contributed by atoms with Gasteiger partial charge in [0.05, 0.1) is 5.60 Å². The molecule has 2 aliphatic carbocycles. The maximum Gasteiger partial charge on any atom is 0.303 e. The Kier molecular flexibility index (Phi) is 7.85. The van der Waals surface area contributed by atoms with E-state index in [2.05, 4.69) is 67.8 Å². The SMILES string of the molecule is CC(=O)O[C@@H]1C[C@@]2(O)[C@H](C)CC[C@@H](C(C)CN3CCN(Cc4ccc(C)cc4)CC3)[C@H]2C=C1C. The van der Waals surface area contributed by atoms with Crippen LogP contribution in [0.2, 0.25) is 0 Å². The first-order valence-electron chi connectivity index (χ1n) is 13.2. The van der Waals surface area contributed by atoms with Gasteiger partial charge in [0.25, 0.3) is 0 Å².